The Morgan fingerprint density at radius 2 is 1.94 bits per heavy atom. The van der Waals surface area contributed by atoms with Gasteiger partial charge in [0.05, 0.1) is 27.6 Å². The van der Waals surface area contributed by atoms with E-state index in [0.29, 0.717) is 21.4 Å². The van der Waals surface area contributed by atoms with E-state index < -0.39 is 0 Å². The summed E-state index contributed by atoms with van der Waals surface area (Å²) in [6.45, 7) is 1.79. The minimum Gasteiger partial charge on any atom is -0.397 e. The second-order valence-corrected chi connectivity index (χ2v) is 4.42. The lowest BCUT2D eigenvalue weighted by atomic mass is 10.2. The standard InChI is InChI=1S/C11H9Cl2N3O/c1-6-2-11(17)16(15-5-6)10-4-9(14)7(12)3-8(10)13/h2-5H,14H2,1H3. The summed E-state index contributed by atoms with van der Waals surface area (Å²) in [4.78, 5) is 11.8. The first kappa shape index (κ1) is 12.0. The monoisotopic (exact) mass is 269 g/mol. The number of halogens is 2. The van der Waals surface area contributed by atoms with E-state index in [9.17, 15) is 4.79 Å². The second kappa shape index (κ2) is 4.39. The van der Waals surface area contributed by atoms with Gasteiger partial charge in [-0.2, -0.15) is 9.78 Å². The zero-order chi connectivity index (χ0) is 12.6. The van der Waals surface area contributed by atoms with Crippen LogP contribution in [0.2, 0.25) is 10.0 Å². The van der Waals surface area contributed by atoms with E-state index in [4.69, 9.17) is 28.9 Å². The van der Waals surface area contributed by atoms with Gasteiger partial charge in [-0.25, -0.2) is 0 Å². The zero-order valence-corrected chi connectivity index (χ0v) is 10.5. The van der Waals surface area contributed by atoms with Crippen LogP contribution in [0.1, 0.15) is 5.56 Å². The van der Waals surface area contributed by atoms with Crippen LogP contribution in [-0.2, 0) is 0 Å². The first-order chi connectivity index (χ1) is 7.99. The quantitative estimate of drug-likeness (QED) is 0.809. The van der Waals surface area contributed by atoms with Gasteiger partial charge in [0.1, 0.15) is 0 Å². The van der Waals surface area contributed by atoms with Crippen molar-refractivity contribution in [2.24, 2.45) is 0 Å². The normalized spacial score (nSPS) is 10.5. The van der Waals surface area contributed by atoms with E-state index in [0.717, 1.165) is 5.56 Å². The third-order valence-electron chi connectivity index (χ3n) is 2.23. The number of hydrogen-bond donors (Lipinski definition) is 1. The number of benzene rings is 1. The van der Waals surface area contributed by atoms with Crippen molar-refractivity contribution in [3.8, 4) is 5.69 Å². The fraction of sp³-hybridized carbons (Fsp3) is 0.0909. The molecule has 2 aromatic rings. The molecule has 1 heterocycles. The molecule has 0 saturated heterocycles. The van der Waals surface area contributed by atoms with Crippen LogP contribution in [0.4, 0.5) is 5.69 Å². The third kappa shape index (κ3) is 2.28. The zero-order valence-electron chi connectivity index (χ0n) is 8.95. The molecule has 2 N–H and O–H groups in total. The summed E-state index contributed by atoms with van der Waals surface area (Å²) in [5.41, 5.74) is 6.95. The Morgan fingerprint density at radius 3 is 2.59 bits per heavy atom. The van der Waals surface area contributed by atoms with E-state index in [1.807, 2.05) is 0 Å². The van der Waals surface area contributed by atoms with Crippen molar-refractivity contribution in [1.29, 1.82) is 0 Å². The SMILES string of the molecule is Cc1cnn(-c2cc(N)c(Cl)cc2Cl)c(=O)c1. The van der Waals surface area contributed by atoms with Crippen molar-refractivity contribution in [2.45, 2.75) is 6.92 Å². The van der Waals surface area contributed by atoms with Crippen LogP contribution >= 0.6 is 23.2 Å². The highest BCUT2D eigenvalue weighted by Gasteiger charge is 2.09. The maximum absolute atomic E-state index is 11.8. The predicted octanol–water partition coefficient (Wildman–Crippen LogP) is 2.43. The maximum atomic E-state index is 11.8. The summed E-state index contributed by atoms with van der Waals surface area (Å²) in [5.74, 6) is 0. The van der Waals surface area contributed by atoms with Gasteiger partial charge in [-0.3, -0.25) is 4.79 Å². The van der Waals surface area contributed by atoms with Crippen molar-refractivity contribution >= 4 is 28.9 Å². The minimum atomic E-state index is -0.270. The Bertz CT molecular complexity index is 637. The van der Waals surface area contributed by atoms with E-state index in [1.54, 1.807) is 13.1 Å². The van der Waals surface area contributed by atoms with Crippen LogP contribution in [0.5, 0.6) is 0 Å². The number of anilines is 1. The largest absolute Gasteiger partial charge is 0.397 e. The summed E-state index contributed by atoms with van der Waals surface area (Å²) < 4.78 is 1.18. The Hall–Kier alpha value is -1.52. The molecule has 0 spiro atoms. The van der Waals surface area contributed by atoms with Crippen LogP contribution in [0.15, 0.2) is 29.2 Å². The van der Waals surface area contributed by atoms with Crippen LogP contribution in [-0.4, -0.2) is 9.78 Å². The van der Waals surface area contributed by atoms with E-state index in [-0.39, 0.29) is 5.56 Å². The third-order valence-corrected chi connectivity index (χ3v) is 2.86. The van der Waals surface area contributed by atoms with Crippen LogP contribution < -0.4 is 11.3 Å². The molecular formula is C11H9Cl2N3O. The summed E-state index contributed by atoms with van der Waals surface area (Å²) in [6.07, 6.45) is 1.57. The molecule has 88 valence electrons. The Morgan fingerprint density at radius 1 is 1.24 bits per heavy atom. The number of nitrogens with two attached hydrogens (primary N) is 1. The lowest BCUT2D eigenvalue weighted by molar-refractivity contribution is 0.801. The average Bonchev–Trinajstić information content (AvgIpc) is 2.24. The fourth-order valence-electron chi connectivity index (χ4n) is 1.40. The molecule has 17 heavy (non-hydrogen) atoms. The molecule has 1 aromatic carbocycles. The molecule has 0 unspecified atom stereocenters. The van der Waals surface area contributed by atoms with Gasteiger partial charge in [0.2, 0.25) is 0 Å². The van der Waals surface area contributed by atoms with Gasteiger partial charge in [0.15, 0.2) is 0 Å². The van der Waals surface area contributed by atoms with E-state index in [2.05, 4.69) is 5.10 Å². The lowest BCUT2D eigenvalue weighted by Gasteiger charge is -2.08. The number of rotatable bonds is 1. The number of hydrogen-bond acceptors (Lipinski definition) is 3. The Balaban J connectivity index is 2.69. The molecule has 0 saturated carbocycles. The van der Waals surface area contributed by atoms with Crippen LogP contribution in [0.3, 0.4) is 0 Å². The lowest BCUT2D eigenvalue weighted by Crippen LogP contribution is -2.20. The van der Waals surface area contributed by atoms with Crippen molar-refractivity contribution < 1.29 is 0 Å². The van der Waals surface area contributed by atoms with E-state index in [1.165, 1.54) is 22.9 Å². The molecule has 6 heteroatoms. The summed E-state index contributed by atoms with van der Waals surface area (Å²) >= 11 is 11.8. The number of aromatic nitrogens is 2. The highest BCUT2D eigenvalue weighted by atomic mass is 35.5. The summed E-state index contributed by atoms with van der Waals surface area (Å²) in [5, 5.41) is 4.67. The number of nitrogens with zero attached hydrogens (tertiary/aromatic N) is 2. The minimum absolute atomic E-state index is 0.270. The smallest absolute Gasteiger partial charge is 0.271 e. The Kier molecular flexibility index (Phi) is 3.09. The highest BCUT2D eigenvalue weighted by Crippen LogP contribution is 2.28. The maximum Gasteiger partial charge on any atom is 0.271 e. The van der Waals surface area contributed by atoms with Gasteiger partial charge in [-0.15, -0.1) is 0 Å². The second-order valence-electron chi connectivity index (χ2n) is 3.61. The molecule has 1 aromatic heterocycles. The molecule has 0 fully saturated rings. The molecular weight excluding hydrogens is 261 g/mol. The van der Waals surface area contributed by atoms with Crippen LogP contribution in [0.25, 0.3) is 5.69 Å². The highest BCUT2D eigenvalue weighted by molar-refractivity contribution is 6.37. The fourth-order valence-corrected chi connectivity index (χ4v) is 1.86. The van der Waals surface area contributed by atoms with Gasteiger partial charge >= 0.3 is 0 Å². The number of aryl methyl sites for hydroxylation is 1. The van der Waals surface area contributed by atoms with Gasteiger partial charge < -0.3 is 5.73 Å². The topological polar surface area (TPSA) is 60.9 Å². The average molecular weight is 270 g/mol. The molecule has 4 nitrogen and oxygen atoms in total. The van der Waals surface area contributed by atoms with Crippen molar-refractivity contribution in [3.05, 3.63) is 50.4 Å². The van der Waals surface area contributed by atoms with Gasteiger partial charge in [0.25, 0.3) is 5.56 Å². The molecule has 2 rings (SSSR count). The van der Waals surface area contributed by atoms with Gasteiger partial charge in [-0.1, -0.05) is 23.2 Å². The number of nitrogen functional groups attached to an aromatic ring is 1. The molecule has 0 aliphatic carbocycles. The molecule has 0 amide bonds. The molecule has 0 aliphatic rings. The first-order valence-electron chi connectivity index (χ1n) is 4.80. The Labute approximate surface area is 108 Å². The molecule has 0 aliphatic heterocycles. The van der Waals surface area contributed by atoms with E-state index >= 15 is 0 Å². The van der Waals surface area contributed by atoms with Gasteiger partial charge in [0, 0.05) is 6.07 Å². The van der Waals surface area contributed by atoms with Gasteiger partial charge in [-0.05, 0) is 24.6 Å². The summed E-state index contributed by atoms with van der Waals surface area (Å²) in [6, 6.07) is 4.48. The molecule has 0 atom stereocenters. The summed E-state index contributed by atoms with van der Waals surface area (Å²) in [7, 11) is 0. The van der Waals surface area contributed by atoms with Crippen LogP contribution in [0, 0.1) is 6.92 Å². The van der Waals surface area contributed by atoms with Crippen molar-refractivity contribution in [2.75, 3.05) is 5.73 Å². The predicted molar refractivity (Wildman–Crippen MR) is 69.0 cm³/mol. The molecule has 0 radical (unpaired) electrons. The van der Waals surface area contributed by atoms with Crippen molar-refractivity contribution in [3.63, 3.8) is 0 Å². The first-order valence-corrected chi connectivity index (χ1v) is 5.55. The van der Waals surface area contributed by atoms with Crippen molar-refractivity contribution in [1.82, 2.24) is 9.78 Å². The molecule has 0 bridgehead atoms.